The van der Waals surface area contributed by atoms with Crippen molar-refractivity contribution in [3.63, 3.8) is 0 Å². The quantitative estimate of drug-likeness (QED) is 0.532. The number of hydrogen-bond donors (Lipinski definition) is 0. The standard InChI is InChI=1S/C17H13BN4OP/c23-24-12-13-6-5-10-17(20-13)22-15-8-2-1-7-14(15)21(18-22)16-9-3-4-11-19-16/h1-11H,12H2. The first kappa shape index (κ1) is 14.9. The van der Waals surface area contributed by atoms with Crippen molar-refractivity contribution in [2.24, 2.45) is 0 Å². The van der Waals surface area contributed by atoms with Crippen LogP contribution in [-0.2, 0) is 10.7 Å². The summed E-state index contributed by atoms with van der Waals surface area (Å²) < 4.78 is 10.9. The Morgan fingerprint density at radius 2 is 1.58 bits per heavy atom. The molecule has 0 unspecified atom stereocenters. The molecule has 4 rings (SSSR count). The van der Waals surface area contributed by atoms with E-state index in [0.29, 0.717) is 6.16 Å². The van der Waals surface area contributed by atoms with Crippen LogP contribution in [0.2, 0.25) is 0 Å². The fraction of sp³-hybridized carbons (Fsp3) is 0.0588. The molecule has 0 aliphatic carbocycles. The summed E-state index contributed by atoms with van der Waals surface area (Å²) in [5.41, 5.74) is 2.88. The van der Waals surface area contributed by atoms with Gasteiger partial charge >= 0.3 is 7.55 Å². The van der Waals surface area contributed by atoms with Crippen LogP contribution in [0, 0.1) is 0 Å². The molecule has 0 saturated heterocycles. The van der Waals surface area contributed by atoms with Crippen molar-refractivity contribution in [3.8, 4) is 0 Å². The minimum atomic E-state index is 0.0718. The number of anilines is 4. The first-order chi connectivity index (χ1) is 11.9. The number of nitrogens with zero attached hydrogens (tertiary/aromatic N) is 4. The summed E-state index contributed by atoms with van der Waals surface area (Å²) >= 11 is 0. The molecule has 2 aromatic heterocycles. The van der Waals surface area contributed by atoms with Crippen LogP contribution in [0.15, 0.2) is 66.9 Å². The van der Waals surface area contributed by atoms with Gasteiger partial charge in [-0.25, -0.2) is 9.97 Å². The molecule has 0 spiro atoms. The van der Waals surface area contributed by atoms with Gasteiger partial charge < -0.3 is 9.62 Å². The second kappa shape index (κ2) is 6.42. The summed E-state index contributed by atoms with van der Waals surface area (Å²) in [6, 6.07) is 19.7. The zero-order valence-electron chi connectivity index (χ0n) is 12.8. The molecule has 0 saturated carbocycles. The topological polar surface area (TPSA) is 49.3 Å². The van der Waals surface area contributed by atoms with Gasteiger partial charge in [-0.15, -0.1) is 0 Å². The molecule has 1 aromatic carbocycles. The number of fused-ring (bicyclic) bond motifs is 1. The van der Waals surface area contributed by atoms with Crippen molar-refractivity contribution in [1.29, 1.82) is 0 Å². The molecule has 0 bridgehead atoms. The largest absolute Gasteiger partial charge is 0.403 e. The monoisotopic (exact) mass is 331 g/mol. The van der Waals surface area contributed by atoms with E-state index in [4.69, 9.17) is 0 Å². The molecular formula is C17H13BN4OP. The van der Waals surface area contributed by atoms with Crippen molar-refractivity contribution in [2.45, 2.75) is 6.16 Å². The Morgan fingerprint density at radius 3 is 2.29 bits per heavy atom. The van der Waals surface area contributed by atoms with Gasteiger partial charge in [0.25, 0.3) is 0 Å². The lowest BCUT2D eigenvalue weighted by Gasteiger charge is -2.18. The maximum absolute atomic E-state index is 10.9. The van der Waals surface area contributed by atoms with Gasteiger partial charge in [0.1, 0.15) is 11.6 Å². The average molecular weight is 331 g/mol. The summed E-state index contributed by atoms with van der Waals surface area (Å²) in [6.07, 6.45) is 2.19. The van der Waals surface area contributed by atoms with E-state index in [0.717, 1.165) is 28.7 Å². The SMILES string of the molecule is O=PCc1cccc(N2[B]N(c3ccccn3)c3ccccc32)n1. The third kappa shape index (κ3) is 2.65. The summed E-state index contributed by atoms with van der Waals surface area (Å²) in [5.74, 6) is 1.64. The molecule has 115 valence electrons. The molecule has 0 fully saturated rings. The van der Waals surface area contributed by atoms with Crippen LogP contribution in [0.3, 0.4) is 0 Å². The van der Waals surface area contributed by atoms with E-state index in [1.165, 1.54) is 0 Å². The number of pyridine rings is 2. The first-order valence-electron chi connectivity index (χ1n) is 7.55. The summed E-state index contributed by atoms with van der Waals surface area (Å²) in [6.45, 7) is 0. The molecule has 3 aromatic rings. The highest BCUT2D eigenvalue weighted by atomic mass is 31.1. The average Bonchev–Trinajstić information content (AvgIpc) is 3.03. The van der Waals surface area contributed by atoms with E-state index >= 15 is 0 Å². The van der Waals surface area contributed by atoms with Crippen LogP contribution in [-0.4, -0.2) is 17.5 Å². The third-order valence-corrected chi connectivity index (χ3v) is 4.25. The molecule has 24 heavy (non-hydrogen) atoms. The number of rotatable bonds is 4. The second-order valence-electron chi connectivity index (χ2n) is 5.31. The zero-order chi connectivity index (χ0) is 16.4. The lowest BCUT2D eigenvalue weighted by Crippen LogP contribution is -2.29. The van der Waals surface area contributed by atoms with Gasteiger partial charge in [0, 0.05) is 6.20 Å². The van der Waals surface area contributed by atoms with Crippen LogP contribution >= 0.6 is 8.46 Å². The van der Waals surface area contributed by atoms with Crippen molar-refractivity contribution in [2.75, 3.05) is 9.62 Å². The maximum Gasteiger partial charge on any atom is 0.403 e. The summed E-state index contributed by atoms with van der Waals surface area (Å²) in [5, 5.41) is 0. The first-order valence-corrected chi connectivity index (χ1v) is 8.55. The number of hydrogen-bond acceptors (Lipinski definition) is 5. The van der Waals surface area contributed by atoms with E-state index in [9.17, 15) is 4.57 Å². The number of aromatic nitrogens is 2. The Hall–Kier alpha value is -2.72. The fourth-order valence-electron chi connectivity index (χ4n) is 2.73. The van der Waals surface area contributed by atoms with Crippen molar-refractivity contribution in [1.82, 2.24) is 9.97 Å². The molecule has 7 heteroatoms. The maximum atomic E-state index is 10.9. The van der Waals surface area contributed by atoms with Gasteiger partial charge in [0.2, 0.25) is 0 Å². The predicted octanol–water partition coefficient (Wildman–Crippen LogP) is 4.09. The lowest BCUT2D eigenvalue weighted by atomic mass is 10.1. The van der Waals surface area contributed by atoms with Crippen LogP contribution in [0.1, 0.15) is 5.69 Å². The smallest absolute Gasteiger partial charge is 0.351 e. The summed E-state index contributed by atoms with van der Waals surface area (Å²) in [7, 11) is 2.05. The number of benzene rings is 1. The van der Waals surface area contributed by atoms with Gasteiger partial charge in [-0.2, -0.15) is 0 Å². The van der Waals surface area contributed by atoms with Crippen LogP contribution < -0.4 is 9.62 Å². The van der Waals surface area contributed by atoms with E-state index in [1.807, 2.05) is 65.7 Å². The minimum absolute atomic E-state index is 0.0718. The lowest BCUT2D eigenvalue weighted by molar-refractivity contribution is 0.598. The van der Waals surface area contributed by atoms with E-state index in [1.54, 1.807) is 6.20 Å². The van der Waals surface area contributed by atoms with E-state index in [-0.39, 0.29) is 8.46 Å². The number of para-hydroxylation sites is 2. The molecular weight excluding hydrogens is 318 g/mol. The minimum Gasteiger partial charge on any atom is -0.351 e. The Morgan fingerprint density at radius 1 is 0.875 bits per heavy atom. The Bertz CT molecular complexity index is 877. The van der Waals surface area contributed by atoms with Crippen molar-refractivity contribution >= 4 is 39.0 Å². The second-order valence-corrected chi connectivity index (χ2v) is 5.88. The van der Waals surface area contributed by atoms with Crippen molar-refractivity contribution < 1.29 is 4.57 Å². The Balaban J connectivity index is 1.76. The third-order valence-electron chi connectivity index (χ3n) is 3.79. The molecule has 3 heterocycles. The Labute approximate surface area is 142 Å². The van der Waals surface area contributed by atoms with Crippen LogP contribution in [0.25, 0.3) is 0 Å². The molecule has 1 radical (unpaired) electrons. The molecule has 1 aliphatic rings. The van der Waals surface area contributed by atoms with Gasteiger partial charge in [0.15, 0.2) is 8.46 Å². The highest BCUT2D eigenvalue weighted by Crippen LogP contribution is 2.41. The molecule has 0 atom stereocenters. The van der Waals surface area contributed by atoms with Gasteiger partial charge in [-0.3, -0.25) is 4.57 Å². The normalized spacial score (nSPS) is 13.0. The van der Waals surface area contributed by atoms with Crippen LogP contribution in [0.4, 0.5) is 23.0 Å². The highest BCUT2D eigenvalue weighted by molar-refractivity contribution is 7.22. The molecule has 5 nitrogen and oxygen atoms in total. The zero-order valence-corrected chi connectivity index (χ0v) is 13.7. The molecule has 0 N–H and O–H groups in total. The van der Waals surface area contributed by atoms with E-state index < -0.39 is 0 Å². The van der Waals surface area contributed by atoms with Crippen LogP contribution in [0.5, 0.6) is 0 Å². The predicted molar refractivity (Wildman–Crippen MR) is 96.3 cm³/mol. The summed E-state index contributed by atoms with van der Waals surface area (Å²) in [4.78, 5) is 13.1. The molecule has 0 amide bonds. The Kier molecular flexibility index (Phi) is 3.97. The van der Waals surface area contributed by atoms with Gasteiger partial charge in [-0.1, -0.05) is 24.3 Å². The van der Waals surface area contributed by atoms with Crippen molar-refractivity contribution in [3.05, 3.63) is 72.6 Å². The van der Waals surface area contributed by atoms with Gasteiger partial charge in [-0.05, 0) is 36.4 Å². The highest BCUT2D eigenvalue weighted by Gasteiger charge is 2.31. The fourth-order valence-corrected chi connectivity index (χ4v) is 3.04. The molecule has 1 aliphatic heterocycles. The van der Waals surface area contributed by atoms with Gasteiger partial charge in [0.05, 0.1) is 23.2 Å². The van der Waals surface area contributed by atoms with E-state index in [2.05, 4.69) is 22.1 Å².